The van der Waals surface area contributed by atoms with Gasteiger partial charge in [-0.2, -0.15) is 0 Å². The third-order valence-electron chi connectivity index (χ3n) is 2.65. The van der Waals surface area contributed by atoms with Gasteiger partial charge >= 0.3 is 0 Å². The van der Waals surface area contributed by atoms with E-state index >= 15 is 0 Å². The van der Waals surface area contributed by atoms with Gasteiger partial charge in [-0.15, -0.1) is 0 Å². The maximum absolute atomic E-state index is 10.7. The smallest absolute Gasteiger partial charge is 0.273 e. The van der Waals surface area contributed by atoms with Crippen LogP contribution in [0, 0.1) is 13.7 Å². The lowest BCUT2D eigenvalue weighted by Gasteiger charge is -1.94. The largest absolute Gasteiger partial charge is 0.436 e. The predicted octanol–water partition coefficient (Wildman–Crippen LogP) is 4.01. The molecule has 0 N–H and O–H groups in total. The standard InChI is InChI=1S/C13H7IN2O3/c14-9-3-1-2-8(6-9)13-15-11-5-4-10(16(17)18)7-12(11)19-13/h1-7H. The molecule has 0 atom stereocenters. The van der Waals surface area contributed by atoms with E-state index < -0.39 is 4.92 Å². The highest BCUT2D eigenvalue weighted by atomic mass is 127. The number of nitro groups is 1. The summed E-state index contributed by atoms with van der Waals surface area (Å²) in [6.45, 7) is 0. The number of nitro benzene ring substituents is 1. The molecule has 0 aliphatic carbocycles. The van der Waals surface area contributed by atoms with E-state index in [0.29, 0.717) is 17.0 Å². The van der Waals surface area contributed by atoms with Crippen LogP contribution in [0.2, 0.25) is 0 Å². The Morgan fingerprint density at radius 2 is 2.05 bits per heavy atom. The Morgan fingerprint density at radius 3 is 2.79 bits per heavy atom. The van der Waals surface area contributed by atoms with Gasteiger partial charge in [0.1, 0.15) is 5.52 Å². The van der Waals surface area contributed by atoms with E-state index in [-0.39, 0.29) is 5.69 Å². The predicted molar refractivity (Wildman–Crippen MR) is 78.8 cm³/mol. The number of hydrogen-bond donors (Lipinski definition) is 0. The second-order valence-corrected chi connectivity index (χ2v) is 5.18. The van der Waals surface area contributed by atoms with Crippen molar-refractivity contribution in [3.8, 4) is 11.5 Å². The van der Waals surface area contributed by atoms with Crippen LogP contribution in [0.1, 0.15) is 0 Å². The molecule has 0 spiro atoms. The Labute approximate surface area is 121 Å². The minimum atomic E-state index is -0.451. The minimum absolute atomic E-state index is 0.00200. The zero-order valence-electron chi connectivity index (χ0n) is 9.54. The highest BCUT2D eigenvalue weighted by Crippen LogP contribution is 2.27. The molecule has 3 rings (SSSR count). The van der Waals surface area contributed by atoms with Gasteiger partial charge in [-0.05, 0) is 46.9 Å². The first-order valence-electron chi connectivity index (χ1n) is 5.44. The van der Waals surface area contributed by atoms with E-state index in [1.807, 2.05) is 24.3 Å². The van der Waals surface area contributed by atoms with Crippen molar-refractivity contribution in [3.63, 3.8) is 0 Å². The van der Waals surface area contributed by atoms with E-state index in [1.54, 1.807) is 6.07 Å². The van der Waals surface area contributed by atoms with E-state index in [9.17, 15) is 10.1 Å². The fraction of sp³-hybridized carbons (Fsp3) is 0. The first-order valence-corrected chi connectivity index (χ1v) is 6.52. The molecule has 6 heteroatoms. The molecule has 3 aromatic rings. The highest BCUT2D eigenvalue weighted by molar-refractivity contribution is 14.1. The Bertz CT molecular complexity index is 782. The van der Waals surface area contributed by atoms with Crippen LogP contribution in [0.5, 0.6) is 0 Å². The summed E-state index contributed by atoms with van der Waals surface area (Å²) >= 11 is 2.21. The fourth-order valence-electron chi connectivity index (χ4n) is 1.77. The van der Waals surface area contributed by atoms with Crippen molar-refractivity contribution in [2.24, 2.45) is 0 Å². The van der Waals surface area contributed by atoms with E-state index in [1.165, 1.54) is 12.1 Å². The zero-order valence-corrected chi connectivity index (χ0v) is 11.7. The van der Waals surface area contributed by atoms with Crippen molar-refractivity contribution < 1.29 is 9.34 Å². The quantitative estimate of drug-likeness (QED) is 0.391. The van der Waals surface area contributed by atoms with Crippen molar-refractivity contribution in [2.75, 3.05) is 0 Å². The lowest BCUT2D eigenvalue weighted by atomic mass is 10.2. The number of halogens is 1. The summed E-state index contributed by atoms with van der Waals surface area (Å²) in [4.78, 5) is 14.6. The molecule has 0 saturated carbocycles. The van der Waals surface area contributed by atoms with Crippen molar-refractivity contribution in [1.82, 2.24) is 4.98 Å². The SMILES string of the molecule is O=[N+]([O-])c1ccc2nc(-c3cccc(I)c3)oc2c1. The molecule has 0 radical (unpaired) electrons. The maximum atomic E-state index is 10.7. The van der Waals surface area contributed by atoms with Gasteiger partial charge < -0.3 is 4.42 Å². The number of non-ortho nitro benzene ring substituents is 1. The van der Waals surface area contributed by atoms with Crippen LogP contribution in [0.4, 0.5) is 5.69 Å². The summed E-state index contributed by atoms with van der Waals surface area (Å²) in [5.41, 5.74) is 1.88. The van der Waals surface area contributed by atoms with Gasteiger partial charge in [0.05, 0.1) is 11.0 Å². The maximum Gasteiger partial charge on any atom is 0.273 e. The van der Waals surface area contributed by atoms with Gasteiger partial charge in [0.2, 0.25) is 5.89 Å². The van der Waals surface area contributed by atoms with Gasteiger partial charge in [-0.3, -0.25) is 10.1 Å². The van der Waals surface area contributed by atoms with Crippen molar-refractivity contribution in [1.29, 1.82) is 0 Å². The molecule has 1 heterocycles. The monoisotopic (exact) mass is 366 g/mol. The summed E-state index contributed by atoms with van der Waals surface area (Å²) in [6.07, 6.45) is 0. The number of nitrogens with zero attached hydrogens (tertiary/aromatic N) is 2. The molecule has 0 unspecified atom stereocenters. The van der Waals surface area contributed by atoms with Crippen LogP contribution in [-0.2, 0) is 0 Å². The summed E-state index contributed by atoms with van der Waals surface area (Å²) in [5, 5.41) is 10.7. The lowest BCUT2D eigenvalue weighted by Crippen LogP contribution is -1.86. The second kappa shape index (κ2) is 4.61. The van der Waals surface area contributed by atoms with Gasteiger partial charge in [-0.25, -0.2) is 4.98 Å². The minimum Gasteiger partial charge on any atom is -0.436 e. The first-order chi connectivity index (χ1) is 9.13. The summed E-state index contributed by atoms with van der Waals surface area (Å²) in [6, 6.07) is 12.1. The third-order valence-corrected chi connectivity index (χ3v) is 3.33. The van der Waals surface area contributed by atoms with E-state index in [2.05, 4.69) is 27.6 Å². The van der Waals surface area contributed by atoms with Gasteiger partial charge in [0.15, 0.2) is 5.58 Å². The molecule has 94 valence electrons. The number of aromatic nitrogens is 1. The van der Waals surface area contributed by atoms with Crippen LogP contribution in [0.15, 0.2) is 46.9 Å². The average molecular weight is 366 g/mol. The second-order valence-electron chi connectivity index (χ2n) is 3.94. The van der Waals surface area contributed by atoms with Gasteiger partial charge in [-0.1, -0.05) is 6.07 Å². The summed E-state index contributed by atoms with van der Waals surface area (Å²) in [5.74, 6) is 0.467. The normalized spacial score (nSPS) is 10.8. The number of rotatable bonds is 2. The molecule has 0 bridgehead atoms. The lowest BCUT2D eigenvalue weighted by molar-refractivity contribution is -0.384. The van der Waals surface area contributed by atoms with Crippen LogP contribution < -0.4 is 0 Å². The molecule has 0 fully saturated rings. The van der Waals surface area contributed by atoms with Crippen LogP contribution in [0.25, 0.3) is 22.6 Å². The molecule has 0 saturated heterocycles. The summed E-state index contributed by atoms with van der Waals surface area (Å²) in [7, 11) is 0. The molecule has 19 heavy (non-hydrogen) atoms. The number of hydrogen-bond acceptors (Lipinski definition) is 4. The average Bonchev–Trinajstić information content (AvgIpc) is 2.81. The first kappa shape index (κ1) is 12.1. The van der Waals surface area contributed by atoms with Crippen LogP contribution >= 0.6 is 22.6 Å². The number of oxazole rings is 1. The molecule has 2 aromatic carbocycles. The number of fused-ring (bicyclic) bond motifs is 1. The summed E-state index contributed by atoms with van der Waals surface area (Å²) < 4.78 is 6.65. The Morgan fingerprint density at radius 1 is 1.21 bits per heavy atom. The Balaban J connectivity index is 2.14. The Hall–Kier alpha value is -1.96. The molecule has 0 aliphatic rings. The molecule has 0 amide bonds. The van der Waals surface area contributed by atoms with Gasteiger partial charge in [0.25, 0.3) is 5.69 Å². The van der Waals surface area contributed by atoms with Crippen molar-refractivity contribution in [3.05, 3.63) is 56.1 Å². The number of benzene rings is 2. The third kappa shape index (κ3) is 2.30. The van der Waals surface area contributed by atoms with Crippen molar-refractivity contribution >= 4 is 39.4 Å². The van der Waals surface area contributed by atoms with E-state index in [0.717, 1.165) is 9.13 Å². The van der Waals surface area contributed by atoms with Gasteiger partial charge in [0, 0.05) is 15.2 Å². The zero-order chi connectivity index (χ0) is 13.4. The van der Waals surface area contributed by atoms with Crippen molar-refractivity contribution in [2.45, 2.75) is 0 Å². The van der Waals surface area contributed by atoms with Crippen LogP contribution in [0.3, 0.4) is 0 Å². The highest BCUT2D eigenvalue weighted by Gasteiger charge is 2.12. The van der Waals surface area contributed by atoms with Crippen LogP contribution in [-0.4, -0.2) is 9.91 Å². The molecular weight excluding hydrogens is 359 g/mol. The Kier molecular flexibility index (Phi) is 2.94. The molecule has 0 aliphatic heterocycles. The van der Waals surface area contributed by atoms with E-state index in [4.69, 9.17) is 4.42 Å². The molecule has 1 aromatic heterocycles. The molecular formula is C13H7IN2O3. The fourth-order valence-corrected chi connectivity index (χ4v) is 2.31. The molecule has 5 nitrogen and oxygen atoms in total. The topological polar surface area (TPSA) is 69.2 Å².